The standard InChI is InChI=1S/C15H24N2O3S/c1-11-10-14(8-9-15(11)20-3)21(18,19)17-13-6-4-12(16-2)5-7-13/h8-10,12-13,16-17H,4-7H2,1-3H3. The Morgan fingerprint density at radius 1 is 1.14 bits per heavy atom. The monoisotopic (exact) mass is 312 g/mol. The number of rotatable bonds is 5. The van der Waals surface area contributed by atoms with Crippen LogP contribution in [0.25, 0.3) is 0 Å². The number of benzene rings is 1. The molecule has 6 heteroatoms. The van der Waals surface area contributed by atoms with E-state index in [1.54, 1.807) is 25.3 Å². The van der Waals surface area contributed by atoms with Crippen LogP contribution in [0.15, 0.2) is 23.1 Å². The first-order valence-corrected chi connectivity index (χ1v) is 8.79. The summed E-state index contributed by atoms with van der Waals surface area (Å²) >= 11 is 0. The SMILES string of the molecule is CNC1CCC(NS(=O)(=O)c2ccc(OC)c(C)c2)CC1. The molecule has 2 N–H and O–H groups in total. The van der Waals surface area contributed by atoms with Gasteiger partial charge in [0.05, 0.1) is 12.0 Å². The van der Waals surface area contributed by atoms with Gasteiger partial charge in [0.1, 0.15) is 5.75 Å². The number of nitrogens with one attached hydrogen (secondary N) is 2. The van der Waals surface area contributed by atoms with Gasteiger partial charge in [-0.1, -0.05) is 0 Å². The van der Waals surface area contributed by atoms with Gasteiger partial charge in [0.15, 0.2) is 0 Å². The Hall–Kier alpha value is -1.11. The van der Waals surface area contributed by atoms with E-state index in [0.29, 0.717) is 16.7 Å². The van der Waals surface area contributed by atoms with E-state index in [9.17, 15) is 8.42 Å². The van der Waals surface area contributed by atoms with Crippen molar-refractivity contribution in [1.29, 1.82) is 0 Å². The normalized spacial score (nSPS) is 23.0. The molecular formula is C15H24N2O3S. The van der Waals surface area contributed by atoms with Crippen LogP contribution in [-0.4, -0.2) is 34.7 Å². The third kappa shape index (κ3) is 3.96. The third-order valence-electron chi connectivity index (χ3n) is 4.13. The van der Waals surface area contributed by atoms with Crippen LogP contribution in [0.2, 0.25) is 0 Å². The van der Waals surface area contributed by atoms with Gasteiger partial charge in [-0.3, -0.25) is 0 Å². The molecule has 1 fully saturated rings. The third-order valence-corrected chi connectivity index (χ3v) is 5.65. The van der Waals surface area contributed by atoms with Gasteiger partial charge < -0.3 is 10.1 Å². The largest absolute Gasteiger partial charge is 0.496 e. The van der Waals surface area contributed by atoms with Crippen molar-refractivity contribution in [1.82, 2.24) is 10.0 Å². The number of aryl methyl sites for hydroxylation is 1. The highest BCUT2D eigenvalue weighted by Gasteiger charge is 2.25. The Morgan fingerprint density at radius 3 is 2.29 bits per heavy atom. The molecule has 0 spiro atoms. The van der Waals surface area contributed by atoms with Crippen LogP contribution in [-0.2, 0) is 10.0 Å². The Bertz CT molecular complexity index is 579. The molecule has 1 aromatic rings. The van der Waals surface area contributed by atoms with E-state index < -0.39 is 10.0 Å². The van der Waals surface area contributed by atoms with Crippen LogP contribution in [0.3, 0.4) is 0 Å². The average Bonchev–Trinajstić information content (AvgIpc) is 2.47. The van der Waals surface area contributed by atoms with Gasteiger partial charge in [-0.15, -0.1) is 0 Å². The zero-order valence-electron chi connectivity index (χ0n) is 12.8. The molecule has 0 amide bonds. The minimum Gasteiger partial charge on any atom is -0.496 e. The minimum absolute atomic E-state index is 0.0296. The molecule has 1 aliphatic carbocycles. The quantitative estimate of drug-likeness (QED) is 0.870. The Kier molecular flexibility index (Phi) is 5.24. The molecule has 0 atom stereocenters. The molecule has 1 saturated carbocycles. The summed E-state index contributed by atoms with van der Waals surface area (Å²) in [5, 5.41) is 3.25. The number of sulfonamides is 1. The van der Waals surface area contributed by atoms with Crippen LogP contribution in [0, 0.1) is 6.92 Å². The van der Waals surface area contributed by atoms with Gasteiger partial charge in [0, 0.05) is 12.1 Å². The summed E-state index contributed by atoms with van der Waals surface area (Å²) in [7, 11) is 0.0745. The highest BCUT2D eigenvalue weighted by Crippen LogP contribution is 2.23. The van der Waals surface area contributed by atoms with Crippen molar-refractivity contribution in [3.8, 4) is 5.75 Å². The van der Waals surface area contributed by atoms with E-state index in [-0.39, 0.29) is 6.04 Å². The Morgan fingerprint density at radius 2 is 1.76 bits per heavy atom. The molecule has 0 radical (unpaired) electrons. The van der Waals surface area contributed by atoms with Crippen LogP contribution in [0.5, 0.6) is 5.75 Å². The maximum Gasteiger partial charge on any atom is 0.240 e. The number of hydrogen-bond donors (Lipinski definition) is 2. The van der Waals surface area contributed by atoms with Crippen LogP contribution < -0.4 is 14.8 Å². The first-order chi connectivity index (χ1) is 9.96. The summed E-state index contributed by atoms with van der Waals surface area (Å²) in [5.74, 6) is 0.698. The molecular weight excluding hydrogens is 288 g/mol. The lowest BCUT2D eigenvalue weighted by molar-refractivity contribution is 0.343. The lowest BCUT2D eigenvalue weighted by atomic mass is 9.92. The summed E-state index contributed by atoms with van der Waals surface area (Å²) in [5.41, 5.74) is 0.819. The summed E-state index contributed by atoms with van der Waals surface area (Å²) in [6.07, 6.45) is 3.76. The second-order valence-electron chi connectivity index (χ2n) is 5.59. The van der Waals surface area contributed by atoms with Gasteiger partial charge in [-0.05, 0) is 63.4 Å². The number of ether oxygens (including phenoxy) is 1. The Balaban J connectivity index is 2.07. The predicted octanol–water partition coefficient (Wildman–Crippen LogP) is 1.81. The molecule has 5 nitrogen and oxygen atoms in total. The molecule has 118 valence electrons. The van der Waals surface area contributed by atoms with Gasteiger partial charge >= 0.3 is 0 Å². The van der Waals surface area contributed by atoms with Crippen molar-refractivity contribution in [2.75, 3.05) is 14.2 Å². The first kappa shape index (κ1) is 16.3. The Labute approximate surface area is 127 Å². The minimum atomic E-state index is -3.46. The van der Waals surface area contributed by atoms with Crippen LogP contribution in [0.1, 0.15) is 31.2 Å². The van der Waals surface area contributed by atoms with E-state index in [2.05, 4.69) is 10.0 Å². The van der Waals surface area contributed by atoms with Crippen molar-refractivity contribution in [2.24, 2.45) is 0 Å². The van der Waals surface area contributed by atoms with Crippen molar-refractivity contribution in [3.05, 3.63) is 23.8 Å². The molecule has 0 aromatic heterocycles. The molecule has 0 bridgehead atoms. The second-order valence-corrected chi connectivity index (χ2v) is 7.30. The summed E-state index contributed by atoms with van der Waals surface area (Å²) in [6, 6.07) is 5.48. The molecule has 21 heavy (non-hydrogen) atoms. The second kappa shape index (κ2) is 6.77. The summed E-state index contributed by atoms with van der Waals surface area (Å²) in [4.78, 5) is 0.302. The molecule has 0 heterocycles. The zero-order chi connectivity index (χ0) is 15.5. The summed E-state index contributed by atoms with van der Waals surface area (Å²) in [6.45, 7) is 1.84. The lowest BCUT2D eigenvalue weighted by Crippen LogP contribution is -2.41. The topological polar surface area (TPSA) is 67.4 Å². The van der Waals surface area contributed by atoms with E-state index in [0.717, 1.165) is 31.2 Å². The van der Waals surface area contributed by atoms with Crippen molar-refractivity contribution >= 4 is 10.0 Å². The van der Waals surface area contributed by atoms with E-state index >= 15 is 0 Å². The highest BCUT2D eigenvalue weighted by atomic mass is 32.2. The zero-order valence-corrected chi connectivity index (χ0v) is 13.7. The number of hydrogen-bond acceptors (Lipinski definition) is 4. The van der Waals surface area contributed by atoms with Crippen LogP contribution in [0.4, 0.5) is 0 Å². The van der Waals surface area contributed by atoms with Crippen molar-refractivity contribution in [2.45, 2.75) is 49.6 Å². The van der Waals surface area contributed by atoms with Crippen LogP contribution >= 0.6 is 0 Å². The smallest absolute Gasteiger partial charge is 0.240 e. The molecule has 0 unspecified atom stereocenters. The number of methoxy groups -OCH3 is 1. The van der Waals surface area contributed by atoms with Gasteiger partial charge in [0.2, 0.25) is 10.0 Å². The van der Waals surface area contributed by atoms with Crippen molar-refractivity contribution < 1.29 is 13.2 Å². The molecule has 0 aliphatic heterocycles. The predicted molar refractivity (Wildman–Crippen MR) is 83.2 cm³/mol. The average molecular weight is 312 g/mol. The molecule has 2 rings (SSSR count). The first-order valence-electron chi connectivity index (χ1n) is 7.30. The van der Waals surface area contributed by atoms with Crippen molar-refractivity contribution in [3.63, 3.8) is 0 Å². The fraction of sp³-hybridized carbons (Fsp3) is 0.600. The van der Waals surface area contributed by atoms with Gasteiger partial charge in [0.25, 0.3) is 0 Å². The maximum absolute atomic E-state index is 12.4. The van der Waals surface area contributed by atoms with E-state index in [1.807, 2.05) is 14.0 Å². The summed E-state index contributed by atoms with van der Waals surface area (Å²) < 4.78 is 32.9. The fourth-order valence-corrected chi connectivity index (χ4v) is 4.20. The van der Waals surface area contributed by atoms with E-state index in [1.165, 1.54) is 0 Å². The molecule has 1 aliphatic rings. The van der Waals surface area contributed by atoms with Gasteiger partial charge in [-0.2, -0.15) is 0 Å². The fourth-order valence-electron chi connectivity index (χ4n) is 2.81. The molecule has 1 aromatic carbocycles. The van der Waals surface area contributed by atoms with Gasteiger partial charge in [-0.25, -0.2) is 13.1 Å². The molecule has 0 saturated heterocycles. The highest BCUT2D eigenvalue weighted by molar-refractivity contribution is 7.89. The maximum atomic E-state index is 12.4. The lowest BCUT2D eigenvalue weighted by Gasteiger charge is -2.28. The van der Waals surface area contributed by atoms with E-state index in [4.69, 9.17) is 4.74 Å².